The molecular formula is C16H14Cl2O2. The Kier molecular flexibility index (Phi) is 3.99. The maximum Gasteiger partial charge on any atom is 0.0831 e. The average molecular weight is 309 g/mol. The summed E-state index contributed by atoms with van der Waals surface area (Å²) in [6.07, 6.45) is -0.226. The van der Waals surface area contributed by atoms with Gasteiger partial charge in [-0.25, -0.2) is 0 Å². The van der Waals surface area contributed by atoms with Gasteiger partial charge in [0.15, 0.2) is 0 Å². The van der Waals surface area contributed by atoms with E-state index in [0.717, 1.165) is 16.7 Å². The molecule has 104 valence electrons. The highest BCUT2D eigenvalue weighted by Gasteiger charge is 2.17. The number of aliphatic hydroxyl groups is 1. The molecule has 0 saturated carbocycles. The summed E-state index contributed by atoms with van der Waals surface area (Å²) in [6, 6.07) is 11.3. The first-order valence-corrected chi connectivity index (χ1v) is 7.21. The highest BCUT2D eigenvalue weighted by Crippen LogP contribution is 2.31. The van der Waals surface area contributed by atoms with Gasteiger partial charge in [-0.05, 0) is 34.4 Å². The van der Waals surface area contributed by atoms with Crippen molar-refractivity contribution in [2.45, 2.75) is 25.7 Å². The fourth-order valence-corrected chi connectivity index (χ4v) is 2.99. The highest BCUT2D eigenvalue weighted by molar-refractivity contribution is 6.36. The third kappa shape index (κ3) is 2.70. The van der Waals surface area contributed by atoms with E-state index in [1.54, 1.807) is 18.2 Å². The van der Waals surface area contributed by atoms with Crippen molar-refractivity contribution in [3.8, 4) is 0 Å². The van der Waals surface area contributed by atoms with Crippen LogP contribution in [-0.2, 0) is 24.4 Å². The summed E-state index contributed by atoms with van der Waals surface area (Å²) in [5, 5.41) is 11.6. The molecule has 0 amide bonds. The van der Waals surface area contributed by atoms with E-state index < -0.39 is 6.10 Å². The monoisotopic (exact) mass is 308 g/mol. The first-order chi connectivity index (χ1) is 9.65. The van der Waals surface area contributed by atoms with E-state index in [1.807, 2.05) is 18.2 Å². The van der Waals surface area contributed by atoms with Crippen molar-refractivity contribution < 1.29 is 9.84 Å². The molecule has 0 spiro atoms. The molecular weight excluding hydrogens is 295 g/mol. The van der Waals surface area contributed by atoms with Gasteiger partial charge >= 0.3 is 0 Å². The Balaban J connectivity index is 1.84. The Morgan fingerprint density at radius 1 is 1.05 bits per heavy atom. The van der Waals surface area contributed by atoms with Crippen molar-refractivity contribution in [2.24, 2.45) is 0 Å². The number of hydrogen-bond donors (Lipinski definition) is 1. The van der Waals surface area contributed by atoms with Crippen molar-refractivity contribution in [3.05, 3.63) is 68.7 Å². The zero-order chi connectivity index (χ0) is 14.1. The second-order valence-corrected chi connectivity index (χ2v) is 5.76. The Labute approximate surface area is 127 Å². The second kappa shape index (κ2) is 5.74. The van der Waals surface area contributed by atoms with Gasteiger partial charge in [0.1, 0.15) is 0 Å². The molecule has 2 aromatic carbocycles. The minimum Gasteiger partial charge on any atom is -0.388 e. The van der Waals surface area contributed by atoms with Crippen molar-refractivity contribution in [1.29, 1.82) is 0 Å². The molecule has 1 N–H and O–H groups in total. The van der Waals surface area contributed by atoms with Gasteiger partial charge in [0.2, 0.25) is 0 Å². The van der Waals surface area contributed by atoms with E-state index in [0.29, 0.717) is 29.7 Å². The second-order valence-electron chi connectivity index (χ2n) is 4.94. The van der Waals surface area contributed by atoms with E-state index in [9.17, 15) is 5.11 Å². The van der Waals surface area contributed by atoms with E-state index in [4.69, 9.17) is 27.9 Å². The molecule has 0 radical (unpaired) electrons. The van der Waals surface area contributed by atoms with Crippen LogP contribution in [-0.4, -0.2) is 5.11 Å². The van der Waals surface area contributed by atoms with Crippen LogP contribution in [0, 0.1) is 0 Å². The minimum absolute atomic E-state index is 0.401. The molecule has 0 aliphatic carbocycles. The third-order valence-electron chi connectivity index (χ3n) is 3.59. The summed E-state index contributed by atoms with van der Waals surface area (Å²) in [5.41, 5.74) is 3.98. The molecule has 1 aliphatic rings. The molecule has 3 rings (SSSR count). The number of ether oxygens (including phenoxy) is 1. The van der Waals surface area contributed by atoms with Crippen LogP contribution in [0.2, 0.25) is 10.0 Å². The van der Waals surface area contributed by atoms with Gasteiger partial charge in [-0.15, -0.1) is 0 Å². The van der Waals surface area contributed by atoms with Crippen LogP contribution in [0.5, 0.6) is 0 Å². The first kappa shape index (κ1) is 13.9. The Morgan fingerprint density at radius 2 is 1.75 bits per heavy atom. The summed E-state index contributed by atoms with van der Waals surface area (Å²) in [5.74, 6) is 0. The van der Waals surface area contributed by atoms with Crippen molar-refractivity contribution in [3.63, 3.8) is 0 Å². The van der Waals surface area contributed by atoms with Crippen LogP contribution in [0.15, 0.2) is 36.4 Å². The molecule has 1 atom stereocenters. The Bertz CT molecular complexity index is 620. The van der Waals surface area contributed by atoms with E-state index in [2.05, 4.69) is 0 Å². The molecule has 20 heavy (non-hydrogen) atoms. The smallest absolute Gasteiger partial charge is 0.0831 e. The maximum atomic E-state index is 10.4. The topological polar surface area (TPSA) is 29.5 Å². The summed E-state index contributed by atoms with van der Waals surface area (Å²) in [6.45, 7) is 1.27. The normalized spacial score (nSPS) is 15.2. The van der Waals surface area contributed by atoms with Crippen molar-refractivity contribution in [2.75, 3.05) is 0 Å². The first-order valence-electron chi connectivity index (χ1n) is 6.45. The Morgan fingerprint density at radius 3 is 2.50 bits per heavy atom. The lowest BCUT2D eigenvalue weighted by atomic mass is 9.98. The molecule has 2 aromatic rings. The van der Waals surface area contributed by atoms with Gasteiger partial charge in [-0.1, -0.05) is 47.5 Å². The van der Waals surface area contributed by atoms with E-state index >= 15 is 0 Å². The summed E-state index contributed by atoms with van der Waals surface area (Å²) >= 11 is 12.3. The largest absolute Gasteiger partial charge is 0.388 e. The maximum absolute atomic E-state index is 10.4. The molecule has 0 aromatic heterocycles. The highest BCUT2D eigenvalue weighted by atomic mass is 35.5. The zero-order valence-corrected chi connectivity index (χ0v) is 12.3. The predicted molar refractivity (Wildman–Crippen MR) is 80.1 cm³/mol. The van der Waals surface area contributed by atoms with Gasteiger partial charge in [0.25, 0.3) is 0 Å². The van der Waals surface area contributed by atoms with Gasteiger partial charge in [0.05, 0.1) is 19.3 Å². The number of benzene rings is 2. The molecule has 1 unspecified atom stereocenters. The Hall–Kier alpha value is -1.06. The molecule has 1 aliphatic heterocycles. The van der Waals surface area contributed by atoms with E-state index in [1.165, 1.54) is 5.56 Å². The number of hydrogen-bond acceptors (Lipinski definition) is 2. The molecule has 4 heteroatoms. The van der Waals surface area contributed by atoms with Crippen LogP contribution in [0.25, 0.3) is 0 Å². The fourth-order valence-electron chi connectivity index (χ4n) is 2.44. The molecule has 0 fully saturated rings. The zero-order valence-electron chi connectivity index (χ0n) is 10.8. The SMILES string of the molecule is OC(Cc1c(Cl)cccc1Cl)c1ccc2c(c1)COC2. The van der Waals surface area contributed by atoms with Crippen molar-refractivity contribution in [1.82, 2.24) is 0 Å². The number of halogens is 2. The lowest BCUT2D eigenvalue weighted by molar-refractivity contribution is 0.134. The summed E-state index contributed by atoms with van der Waals surface area (Å²) in [7, 11) is 0. The molecule has 2 nitrogen and oxygen atoms in total. The van der Waals surface area contributed by atoms with Gasteiger partial charge in [0, 0.05) is 16.5 Å². The minimum atomic E-state index is -0.627. The third-order valence-corrected chi connectivity index (χ3v) is 4.30. The lowest BCUT2D eigenvalue weighted by Crippen LogP contribution is -2.04. The molecule has 0 bridgehead atoms. The number of aliphatic hydroxyl groups excluding tert-OH is 1. The van der Waals surface area contributed by atoms with Crippen molar-refractivity contribution >= 4 is 23.2 Å². The fraction of sp³-hybridized carbons (Fsp3) is 0.250. The average Bonchev–Trinajstić information content (AvgIpc) is 2.90. The van der Waals surface area contributed by atoms with Crippen LogP contribution in [0.3, 0.4) is 0 Å². The summed E-state index contributed by atoms with van der Waals surface area (Å²) in [4.78, 5) is 0. The lowest BCUT2D eigenvalue weighted by Gasteiger charge is -2.14. The van der Waals surface area contributed by atoms with E-state index in [-0.39, 0.29) is 0 Å². The number of rotatable bonds is 3. The van der Waals surface area contributed by atoms with Gasteiger partial charge in [-0.2, -0.15) is 0 Å². The quantitative estimate of drug-likeness (QED) is 0.916. The van der Waals surface area contributed by atoms with Gasteiger partial charge < -0.3 is 9.84 Å². The molecule has 0 saturated heterocycles. The van der Waals surface area contributed by atoms with Crippen LogP contribution < -0.4 is 0 Å². The van der Waals surface area contributed by atoms with Gasteiger partial charge in [-0.3, -0.25) is 0 Å². The predicted octanol–water partition coefficient (Wildman–Crippen LogP) is 4.30. The van der Waals surface area contributed by atoms with Crippen LogP contribution in [0.4, 0.5) is 0 Å². The number of fused-ring (bicyclic) bond motifs is 1. The molecule has 1 heterocycles. The standard InChI is InChI=1S/C16H14Cl2O2/c17-14-2-1-3-15(18)13(14)7-16(19)10-4-5-11-8-20-9-12(11)6-10/h1-6,16,19H,7-9H2. The summed E-state index contributed by atoms with van der Waals surface area (Å²) < 4.78 is 5.38. The van der Waals surface area contributed by atoms with Crippen LogP contribution >= 0.6 is 23.2 Å². The van der Waals surface area contributed by atoms with Crippen LogP contribution in [0.1, 0.15) is 28.4 Å².